The zero-order chi connectivity index (χ0) is 72.0. The zero-order valence-electron chi connectivity index (χ0n) is 53.7. The molecule has 0 bridgehead atoms. The van der Waals surface area contributed by atoms with Gasteiger partial charge in [0.1, 0.15) is 127 Å². The lowest BCUT2D eigenvalue weighted by atomic mass is 9.92. The van der Waals surface area contributed by atoms with Crippen LogP contribution in [0.3, 0.4) is 0 Å². The molecule has 0 radical (unpaired) electrons. The smallest absolute Gasteiger partial charge is 0.246 e. The number of aliphatic hydroxyl groups excluding tert-OH is 12. The van der Waals surface area contributed by atoms with Gasteiger partial charge in [0, 0.05) is 31.0 Å². The molecule has 10 rings (SSSR count). The highest BCUT2D eigenvalue weighted by Gasteiger charge is 2.56. The lowest BCUT2D eigenvalue weighted by molar-refractivity contribution is -0.383. The van der Waals surface area contributed by atoms with E-state index in [2.05, 4.69) is 47.9 Å². The average Bonchev–Trinajstić information content (AvgIpc) is 1.24. The number of guanidine groups is 2. The molecule has 7 aliphatic rings. The van der Waals surface area contributed by atoms with Crippen molar-refractivity contribution in [3.63, 3.8) is 0 Å². The third-order valence-electron chi connectivity index (χ3n) is 18.4. The van der Waals surface area contributed by atoms with Gasteiger partial charge in [-0.25, -0.2) is 0 Å². The van der Waals surface area contributed by atoms with Crippen LogP contribution in [0.4, 0.5) is 0 Å². The molecule has 548 valence electrons. The van der Waals surface area contributed by atoms with E-state index < -0.39 is 239 Å². The first-order chi connectivity index (χ1) is 47.8. The third kappa shape index (κ3) is 16.4. The standard InChI is InChI=1S/C62H84N12O26/c1-24(26-7-4-3-5-8-26)38-54(90)68-30(15-25-11-13-28(14-12-25)95-59-48(86)45(83)50(35(22-77)97-59)100-60-49(87)46(84)51-36(98-60)23-94-58(99-51)27-9-6-10-29(16-27)93-2)53(89)72-39(41(79)31-17-66-61(63)70-31)56(92)73-40(55(91)69-32(20-75)52(88)65-19-37(78)71-38)42(80)33-18-67-62(64)74(33)57-47(85)44(82)43(81)34(21-76)96-57/h3-14,16,24,30-36,38-51,57-60,75-77,79-87H,15,17-23H2,1-2H3,(H2,64,67)(H,65,88)(H,68,90)(H,69,91)(H,71,78)(H,72,89)(H,73,92)(H3,63,66,70). The fourth-order valence-electron chi connectivity index (χ4n) is 12.7. The van der Waals surface area contributed by atoms with Crippen LogP contribution >= 0.6 is 0 Å². The van der Waals surface area contributed by atoms with Gasteiger partial charge in [0.2, 0.25) is 41.7 Å². The Morgan fingerprint density at radius 2 is 1.26 bits per heavy atom. The van der Waals surface area contributed by atoms with Gasteiger partial charge in [-0.05, 0) is 35.4 Å². The van der Waals surface area contributed by atoms with Crippen molar-refractivity contribution in [3.8, 4) is 11.5 Å². The topological polar surface area (TPSA) is 578 Å². The lowest BCUT2D eigenvalue weighted by Crippen LogP contribution is -2.69. The quantitative estimate of drug-likeness (QED) is 0.0562. The molecule has 23 N–H and O–H groups in total. The number of aliphatic hydroxyl groups is 12. The first-order valence-corrected chi connectivity index (χ1v) is 32.1. The van der Waals surface area contributed by atoms with Crippen molar-refractivity contribution in [1.29, 1.82) is 10.8 Å². The van der Waals surface area contributed by atoms with E-state index in [1.54, 1.807) is 61.5 Å². The van der Waals surface area contributed by atoms with E-state index in [9.17, 15) is 80.5 Å². The lowest BCUT2D eigenvalue weighted by Gasteiger charge is -2.48. The first kappa shape index (κ1) is 74.6. The number of carbonyl (C=O) groups excluding carboxylic acids is 6. The molecule has 0 aliphatic carbocycles. The molecule has 0 spiro atoms. The van der Waals surface area contributed by atoms with Crippen molar-refractivity contribution in [2.75, 3.05) is 53.2 Å². The van der Waals surface area contributed by atoms with Crippen LogP contribution in [-0.2, 0) is 63.6 Å². The number of benzene rings is 3. The summed E-state index contributed by atoms with van der Waals surface area (Å²) in [6.45, 7) is -3.15. The summed E-state index contributed by atoms with van der Waals surface area (Å²) in [7, 11) is 1.48. The van der Waals surface area contributed by atoms with Gasteiger partial charge in [-0.1, -0.05) is 61.5 Å². The molecule has 0 aromatic heterocycles. The molecule has 26 unspecified atom stereocenters. The van der Waals surface area contributed by atoms with E-state index in [1.807, 2.05) is 0 Å². The second-order valence-corrected chi connectivity index (χ2v) is 25.0. The summed E-state index contributed by atoms with van der Waals surface area (Å²) in [5.74, 6) is -8.72. The van der Waals surface area contributed by atoms with Gasteiger partial charge in [-0.2, -0.15) is 0 Å². The average molecular weight is 1410 g/mol. The van der Waals surface area contributed by atoms with Crippen LogP contribution in [-0.4, -0.2) is 313 Å². The van der Waals surface area contributed by atoms with Gasteiger partial charge in [0.15, 0.2) is 30.7 Å². The summed E-state index contributed by atoms with van der Waals surface area (Å²) >= 11 is 0. The van der Waals surface area contributed by atoms with Crippen LogP contribution in [0.15, 0.2) is 78.9 Å². The van der Waals surface area contributed by atoms with E-state index in [0.29, 0.717) is 16.9 Å². The Bertz CT molecular complexity index is 3370. The van der Waals surface area contributed by atoms with Crippen molar-refractivity contribution in [1.82, 2.24) is 52.8 Å². The number of hydrogen-bond donors (Lipinski definition) is 23. The van der Waals surface area contributed by atoms with E-state index in [-0.39, 0.29) is 30.4 Å². The molecule has 7 aliphatic heterocycles. The Morgan fingerprint density at radius 3 is 1.94 bits per heavy atom. The van der Waals surface area contributed by atoms with Gasteiger partial charge in [-0.15, -0.1) is 0 Å². The molecule has 7 fully saturated rings. The number of rotatable bonds is 18. The molecular weight excluding hydrogens is 1330 g/mol. The van der Waals surface area contributed by atoms with Crippen LogP contribution in [0.2, 0.25) is 0 Å². The highest BCUT2D eigenvalue weighted by atomic mass is 16.8. The van der Waals surface area contributed by atoms with Crippen LogP contribution in [0.25, 0.3) is 0 Å². The van der Waals surface area contributed by atoms with Gasteiger partial charge >= 0.3 is 0 Å². The maximum Gasteiger partial charge on any atom is 0.246 e. The summed E-state index contributed by atoms with van der Waals surface area (Å²) in [5, 5.41) is 172. The molecule has 100 heavy (non-hydrogen) atoms. The normalized spacial score (nSPS) is 36.6. The number of nitrogens with one attached hydrogen (secondary N) is 11. The summed E-state index contributed by atoms with van der Waals surface area (Å²) in [5.41, 5.74) is 1.28. The summed E-state index contributed by atoms with van der Waals surface area (Å²) in [6, 6.07) is 7.69. The van der Waals surface area contributed by atoms with Crippen molar-refractivity contribution in [3.05, 3.63) is 95.6 Å². The van der Waals surface area contributed by atoms with E-state index in [0.717, 1.165) is 4.90 Å². The Labute approximate surface area is 569 Å². The van der Waals surface area contributed by atoms with E-state index in [4.69, 9.17) is 48.7 Å². The molecule has 7 saturated heterocycles. The van der Waals surface area contributed by atoms with Gasteiger partial charge in [0.05, 0.1) is 52.2 Å². The monoisotopic (exact) mass is 1410 g/mol. The zero-order valence-corrected chi connectivity index (χ0v) is 53.7. The fourth-order valence-corrected chi connectivity index (χ4v) is 12.7. The summed E-state index contributed by atoms with van der Waals surface area (Å²) in [6.07, 6.45) is -31.1. The largest absolute Gasteiger partial charge is 0.497 e. The Balaban J connectivity index is 0.905. The van der Waals surface area contributed by atoms with Crippen molar-refractivity contribution < 1.29 is 128 Å². The molecule has 0 saturated carbocycles. The highest BCUT2D eigenvalue weighted by Crippen LogP contribution is 2.38. The Kier molecular flexibility index (Phi) is 24.4. The minimum atomic E-state index is -2.36. The fraction of sp³-hybridized carbons (Fsp3) is 0.581. The predicted octanol–water partition coefficient (Wildman–Crippen LogP) is -10.4. The number of fused-ring (bicyclic) bond motifs is 1. The first-order valence-electron chi connectivity index (χ1n) is 32.1. The highest BCUT2D eigenvalue weighted by molar-refractivity contribution is 5.98. The molecule has 38 nitrogen and oxygen atoms in total. The predicted molar refractivity (Wildman–Crippen MR) is 335 cm³/mol. The number of methoxy groups -OCH3 is 1. The second-order valence-electron chi connectivity index (χ2n) is 25.0. The molecule has 7 heterocycles. The van der Waals surface area contributed by atoms with Crippen LogP contribution in [0.5, 0.6) is 11.5 Å². The maximum absolute atomic E-state index is 15.2. The molecule has 3 aromatic rings. The minimum Gasteiger partial charge on any atom is -0.497 e. The Hall–Kier alpha value is -8.10. The summed E-state index contributed by atoms with van der Waals surface area (Å²) in [4.78, 5) is 88.3. The maximum atomic E-state index is 15.2. The number of nitrogens with zero attached hydrogens (tertiary/aromatic N) is 1. The Morgan fingerprint density at radius 1 is 0.590 bits per heavy atom. The van der Waals surface area contributed by atoms with E-state index >= 15 is 9.59 Å². The van der Waals surface area contributed by atoms with Gasteiger partial charge in [-0.3, -0.25) is 39.6 Å². The number of hydrogen-bond acceptors (Lipinski definition) is 28. The van der Waals surface area contributed by atoms with Crippen LogP contribution < -0.4 is 57.3 Å². The van der Waals surface area contributed by atoms with Gasteiger partial charge < -0.3 is 152 Å². The molecule has 26 atom stereocenters. The molecule has 3 aromatic carbocycles. The van der Waals surface area contributed by atoms with E-state index in [1.165, 1.54) is 31.4 Å². The molecule has 38 heteroatoms. The van der Waals surface area contributed by atoms with Crippen LogP contribution in [0.1, 0.15) is 35.8 Å². The number of amides is 6. The SMILES string of the molecule is COc1cccc(C2OCC3OC(OC4C(CO)OC(Oc5ccc(CC6NC(=O)C(C(C)c7ccccc7)NC(=O)CNC(=O)C(CO)NC(=O)C(C(O)C7CNC(=N)N7C7OC(CO)C(O)C(O)C7O)NC(=O)C(C(O)C7CNC(=N)N7)NC6=O)cc5)C(O)C4O)C(O)C(O)C3O2)c1. The third-order valence-corrected chi connectivity index (χ3v) is 18.4. The van der Waals surface area contributed by atoms with Gasteiger partial charge in [0.25, 0.3) is 0 Å². The van der Waals surface area contributed by atoms with Crippen molar-refractivity contribution in [2.45, 2.75) is 172 Å². The van der Waals surface area contributed by atoms with Crippen molar-refractivity contribution in [2.24, 2.45) is 0 Å². The minimum absolute atomic E-state index is 0.0544. The molecular formula is C62H84N12O26. The molecule has 6 amide bonds. The second kappa shape index (κ2) is 32.7. The number of ether oxygens (including phenoxy) is 8. The van der Waals surface area contributed by atoms with Crippen molar-refractivity contribution >= 4 is 47.4 Å². The van der Waals surface area contributed by atoms with Crippen LogP contribution in [0, 0.1) is 10.8 Å². The number of carbonyl (C=O) groups is 6. The summed E-state index contributed by atoms with van der Waals surface area (Å²) < 4.78 is 46.6.